The van der Waals surface area contributed by atoms with Gasteiger partial charge in [0, 0.05) is 37.7 Å². The maximum absolute atomic E-state index is 15.6. The van der Waals surface area contributed by atoms with Crippen molar-refractivity contribution in [2.24, 2.45) is 0 Å². The SMILES string of the molecule is CC(C)(C)OC(=O)COCCCCN1CCC[C@H]1COc1nc(N2CCN(C(=O)OC(C)(C)C)[C@@H](CC#N)C2)c2cc(Cl)c(Br)c(F)c2n1. The molecule has 1 amide bonds. The number of amides is 1. The monoisotopic (exact) mass is 768 g/mol. The summed E-state index contributed by atoms with van der Waals surface area (Å²) in [6.07, 6.45) is 3.24. The number of fused-ring (bicyclic) bond motifs is 1. The molecule has 0 saturated carbocycles. The summed E-state index contributed by atoms with van der Waals surface area (Å²) in [6, 6.07) is 3.46. The number of carbonyl (C=O) groups excluding carboxylic acids is 2. The lowest BCUT2D eigenvalue weighted by Crippen LogP contribution is -2.56. The molecule has 0 unspecified atom stereocenters. The molecule has 15 heteroatoms. The molecule has 0 N–H and O–H groups in total. The van der Waals surface area contributed by atoms with Gasteiger partial charge < -0.3 is 28.7 Å². The van der Waals surface area contributed by atoms with E-state index in [1.807, 2.05) is 25.7 Å². The van der Waals surface area contributed by atoms with Gasteiger partial charge in [0.15, 0.2) is 5.82 Å². The molecule has 2 aliphatic heterocycles. The van der Waals surface area contributed by atoms with Crippen molar-refractivity contribution in [2.45, 2.75) is 96.9 Å². The van der Waals surface area contributed by atoms with Gasteiger partial charge in [-0.15, -0.1) is 0 Å². The highest BCUT2D eigenvalue weighted by molar-refractivity contribution is 9.10. The fourth-order valence-corrected chi connectivity index (χ4v) is 6.42. The molecule has 49 heavy (non-hydrogen) atoms. The van der Waals surface area contributed by atoms with Crippen LogP contribution in [0.5, 0.6) is 6.01 Å². The van der Waals surface area contributed by atoms with Crippen molar-refractivity contribution < 1.29 is 32.9 Å². The fourth-order valence-electron chi connectivity index (χ4n) is 5.93. The molecule has 270 valence electrons. The molecular formula is C34H47BrClFN6O6. The molecule has 0 spiro atoms. The maximum Gasteiger partial charge on any atom is 0.410 e. The Morgan fingerprint density at radius 2 is 1.82 bits per heavy atom. The van der Waals surface area contributed by atoms with Crippen LogP contribution in [-0.4, -0.2) is 108 Å². The lowest BCUT2D eigenvalue weighted by molar-refractivity contribution is -0.160. The van der Waals surface area contributed by atoms with Crippen molar-refractivity contribution in [2.75, 3.05) is 57.4 Å². The van der Waals surface area contributed by atoms with Crippen molar-refractivity contribution in [1.29, 1.82) is 5.26 Å². The van der Waals surface area contributed by atoms with Crippen LogP contribution >= 0.6 is 27.5 Å². The number of unbranched alkanes of at least 4 members (excludes halogenated alkanes) is 1. The van der Waals surface area contributed by atoms with E-state index >= 15 is 4.39 Å². The minimum atomic E-state index is -0.686. The highest BCUT2D eigenvalue weighted by atomic mass is 79.9. The van der Waals surface area contributed by atoms with Gasteiger partial charge >= 0.3 is 18.1 Å². The van der Waals surface area contributed by atoms with Crippen molar-refractivity contribution in [3.8, 4) is 12.1 Å². The fraction of sp³-hybridized carbons (Fsp3) is 0.676. The lowest BCUT2D eigenvalue weighted by atomic mass is 10.1. The first-order chi connectivity index (χ1) is 23.1. The Morgan fingerprint density at radius 3 is 2.51 bits per heavy atom. The van der Waals surface area contributed by atoms with Gasteiger partial charge in [-0.3, -0.25) is 4.90 Å². The van der Waals surface area contributed by atoms with E-state index < -0.39 is 29.2 Å². The number of halogens is 3. The smallest absolute Gasteiger partial charge is 0.410 e. The highest BCUT2D eigenvalue weighted by Crippen LogP contribution is 2.37. The Balaban J connectivity index is 1.43. The first kappa shape index (κ1) is 38.8. The normalized spacial score (nSPS) is 18.9. The summed E-state index contributed by atoms with van der Waals surface area (Å²) in [5.41, 5.74) is -1.17. The highest BCUT2D eigenvalue weighted by Gasteiger charge is 2.35. The minimum absolute atomic E-state index is 0.0319. The third kappa shape index (κ3) is 11.0. The number of carbonyl (C=O) groups is 2. The summed E-state index contributed by atoms with van der Waals surface area (Å²) in [7, 11) is 0. The van der Waals surface area contributed by atoms with Crippen molar-refractivity contribution in [3.63, 3.8) is 0 Å². The van der Waals surface area contributed by atoms with Crippen LogP contribution in [0.25, 0.3) is 10.9 Å². The second-order valence-corrected chi connectivity index (χ2v) is 15.5. The zero-order valence-electron chi connectivity index (χ0n) is 29.2. The van der Waals surface area contributed by atoms with Crippen LogP contribution in [0.3, 0.4) is 0 Å². The van der Waals surface area contributed by atoms with Crippen molar-refractivity contribution >= 4 is 56.3 Å². The van der Waals surface area contributed by atoms with E-state index in [0.717, 1.165) is 38.8 Å². The van der Waals surface area contributed by atoms with Crippen LogP contribution in [0.15, 0.2) is 10.5 Å². The number of nitriles is 1. The van der Waals surface area contributed by atoms with Crippen molar-refractivity contribution in [3.05, 3.63) is 21.4 Å². The zero-order valence-corrected chi connectivity index (χ0v) is 31.5. The van der Waals surface area contributed by atoms with Crippen molar-refractivity contribution in [1.82, 2.24) is 19.8 Å². The van der Waals surface area contributed by atoms with Gasteiger partial charge in [-0.2, -0.15) is 15.2 Å². The third-order valence-electron chi connectivity index (χ3n) is 8.05. The van der Waals surface area contributed by atoms with E-state index in [1.54, 1.807) is 31.7 Å². The quantitative estimate of drug-likeness (QED) is 0.133. The van der Waals surface area contributed by atoms with Gasteiger partial charge in [-0.25, -0.2) is 14.0 Å². The Hall–Kier alpha value is -2.99. The maximum atomic E-state index is 15.6. The lowest BCUT2D eigenvalue weighted by Gasteiger charge is -2.41. The van der Waals surface area contributed by atoms with Gasteiger partial charge in [0.1, 0.15) is 35.8 Å². The summed E-state index contributed by atoms with van der Waals surface area (Å²) in [5, 5.41) is 10.1. The molecule has 4 rings (SSSR count). The number of anilines is 1. The molecule has 3 heterocycles. The molecule has 0 bridgehead atoms. The number of rotatable bonds is 12. The summed E-state index contributed by atoms with van der Waals surface area (Å²) in [6.45, 7) is 14.3. The number of esters is 1. The largest absolute Gasteiger partial charge is 0.462 e. The number of piperazine rings is 1. The summed E-state index contributed by atoms with van der Waals surface area (Å²) >= 11 is 9.61. The van der Waals surface area contributed by atoms with Gasteiger partial charge in [-0.1, -0.05) is 11.6 Å². The molecule has 1 aromatic heterocycles. The first-order valence-corrected chi connectivity index (χ1v) is 17.9. The molecule has 2 saturated heterocycles. The Labute approximate surface area is 301 Å². The Kier molecular flexibility index (Phi) is 13.3. The average Bonchev–Trinajstić information content (AvgIpc) is 3.46. The van der Waals surface area contributed by atoms with E-state index in [-0.39, 0.29) is 59.2 Å². The van der Waals surface area contributed by atoms with Gasteiger partial charge in [0.2, 0.25) is 0 Å². The van der Waals surface area contributed by atoms with E-state index in [2.05, 4.69) is 31.9 Å². The average molecular weight is 770 g/mol. The van der Waals surface area contributed by atoms with E-state index in [1.165, 1.54) is 0 Å². The molecule has 2 atom stereocenters. The molecule has 0 radical (unpaired) electrons. The van der Waals surface area contributed by atoms with Gasteiger partial charge in [0.25, 0.3) is 0 Å². The summed E-state index contributed by atoms with van der Waals surface area (Å²) in [4.78, 5) is 39.9. The van der Waals surface area contributed by atoms with E-state index in [4.69, 9.17) is 35.5 Å². The predicted molar refractivity (Wildman–Crippen MR) is 187 cm³/mol. The molecule has 12 nitrogen and oxygen atoms in total. The molecular weight excluding hydrogens is 723 g/mol. The standard InChI is InChI=1S/C34H47BrClFN6O6/c1-33(2,3)48-26(44)21-46-17-8-7-13-41-14-9-10-23(41)20-47-31-39-29-24(18-25(36)27(35)28(29)37)30(40-31)42-15-16-43(22(19-42)11-12-38)32(45)49-34(4,5)6/h18,22-23H,7-11,13-17,19-21H2,1-6H3/t22-,23-/m0/s1. The molecule has 1 aromatic carbocycles. The zero-order chi connectivity index (χ0) is 35.9. The van der Waals surface area contributed by atoms with Crippen LogP contribution < -0.4 is 9.64 Å². The molecule has 2 fully saturated rings. The topological polar surface area (TPSA) is 130 Å². The Morgan fingerprint density at radius 1 is 1.08 bits per heavy atom. The van der Waals surface area contributed by atoms with E-state index in [9.17, 15) is 14.9 Å². The Bertz CT molecular complexity index is 1530. The number of ether oxygens (including phenoxy) is 4. The number of nitrogens with zero attached hydrogens (tertiary/aromatic N) is 6. The number of hydrogen-bond donors (Lipinski definition) is 0. The van der Waals surface area contributed by atoms with Crippen LogP contribution in [-0.2, 0) is 19.0 Å². The number of benzene rings is 1. The number of hydrogen-bond acceptors (Lipinski definition) is 11. The van der Waals surface area contributed by atoms with Crippen LogP contribution in [0, 0.1) is 17.1 Å². The summed E-state index contributed by atoms with van der Waals surface area (Å²) in [5.74, 6) is -0.591. The van der Waals surface area contributed by atoms with Crippen LogP contribution in [0.2, 0.25) is 5.02 Å². The molecule has 2 aliphatic rings. The second kappa shape index (κ2) is 16.8. The third-order valence-corrected chi connectivity index (χ3v) is 9.35. The first-order valence-electron chi connectivity index (χ1n) is 16.7. The van der Waals surface area contributed by atoms with Crippen LogP contribution in [0.4, 0.5) is 15.0 Å². The van der Waals surface area contributed by atoms with E-state index in [0.29, 0.717) is 31.0 Å². The molecule has 2 aromatic rings. The van der Waals surface area contributed by atoms with Gasteiger partial charge in [0.05, 0.1) is 28.0 Å². The van der Waals surface area contributed by atoms with Gasteiger partial charge in [-0.05, 0) is 102 Å². The number of likely N-dealkylation sites (tertiary alicyclic amines) is 1. The number of aromatic nitrogens is 2. The molecule has 0 aliphatic carbocycles. The minimum Gasteiger partial charge on any atom is -0.462 e. The predicted octanol–water partition coefficient (Wildman–Crippen LogP) is 6.51. The summed E-state index contributed by atoms with van der Waals surface area (Å²) < 4.78 is 38.2. The van der Waals surface area contributed by atoms with Crippen LogP contribution in [0.1, 0.15) is 73.6 Å². The second-order valence-electron chi connectivity index (χ2n) is 14.3.